The zero-order valence-electron chi connectivity index (χ0n) is 14.6. The van der Waals surface area contributed by atoms with Gasteiger partial charge in [-0.05, 0) is 12.1 Å². The number of ether oxygens (including phenoxy) is 1. The van der Waals surface area contributed by atoms with Gasteiger partial charge < -0.3 is 24.8 Å². The summed E-state index contributed by atoms with van der Waals surface area (Å²) in [5, 5.41) is 24.3. The van der Waals surface area contributed by atoms with E-state index in [4.69, 9.17) is 14.7 Å². The first-order chi connectivity index (χ1) is 13.3. The van der Waals surface area contributed by atoms with E-state index in [1.54, 1.807) is 0 Å². The first-order valence-corrected chi connectivity index (χ1v) is 8.66. The number of aliphatic hydroxyl groups excluding tert-OH is 1. The number of nitrogens with one attached hydrogen (secondary N) is 1. The van der Waals surface area contributed by atoms with Crippen LogP contribution in [0.3, 0.4) is 0 Å². The Balaban J connectivity index is 1.69. The van der Waals surface area contributed by atoms with Gasteiger partial charge in [-0.2, -0.15) is 0 Å². The predicted octanol–water partition coefficient (Wildman–Crippen LogP) is 2.74. The van der Waals surface area contributed by atoms with Gasteiger partial charge in [0.2, 0.25) is 0 Å². The number of para-hydroxylation sites is 2. The van der Waals surface area contributed by atoms with E-state index in [1.807, 2.05) is 48.5 Å². The SMILES string of the molecule is OCCOCCON=C1C(c2c(O)[nH]c3ccccc23)=Nc2ccccc21. The van der Waals surface area contributed by atoms with Crippen molar-refractivity contribution in [2.24, 2.45) is 10.1 Å². The molecule has 4 rings (SSSR count). The van der Waals surface area contributed by atoms with Gasteiger partial charge in [0.1, 0.15) is 18.0 Å². The Labute approximate surface area is 155 Å². The molecular formula is C20H19N3O4. The summed E-state index contributed by atoms with van der Waals surface area (Å²) >= 11 is 0. The van der Waals surface area contributed by atoms with Gasteiger partial charge in [-0.3, -0.25) is 0 Å². The van der Waals surface area contributed by atoms with Gasteiger partial charge in [-0.25, -0.2) is 4.99 Å². The lowest BCUT2D eigenvalue weighted by Gasteiger charge is -2.05. The van der Waals surface area contributed by atoms with Crippen molar-refractivity contribution in [3.8, 4) is 5.88 Å². The van der Waals surface area contributed by atoms with Crippen LogP contribution >= 0.6 is 0 Å². The minimum absolute atomic E-state index is 0.0292. The number of fused-ring (bicyclic) bond motifs is 2. The standard InChI is InChI=1S/C20H19N3O4/c24-9-10-26-11-12-27-23-18-14-6-2-4-8-16(14)21-19(18)17-13-5-1-3-7-15(13)22-20(17)25/h1-8,22,24-25H,9-12H2. The van der Waals surface area contributed by atoms with E-state index in [0.29, 0.717) is 23.6 Å². The number of aliphatic hydroxyl groups is 1. The smallest absolute Gasteiger partial charge is 0.199 e. The summed E-state index contributed by atoms with van der Waals surface area (Å²) in [5.41, 5.74) is 4.15. The average molecular weight is 365 g/mol. The first-order valence-electron chi connectivity index (χ1n) is 8.66. The Morgan fingerprint density at radius 2 is 1.81 bits per heavy atom. The van der Waals surface area contributed by atoms with Gasteiger partial charge in [0.05, 0.1) is 31.1 Å². The van der Waals surface area contributed by atoms with Crippen LogP contribution < -0.4 is 0 Å². The van der Waals surface area contributed by atoms with Crippen LogP contribution in [-0.4, -0.2) is 53.0 Å². The fourth-order valence-corrected chi connectivity index (χ4v) is 3.08. The molecule has 0 unspecified atom stereocenters. The molecule has 0 bridgehead atoms. The Morgan fingerprint density at radius 1 is 1.00 bits per heavy atom. The van der Waals surface area contributed by atoms with Crippen molar-refractivity contribution in [1.82, 2.24) is 4.98 Å². The second kappa shape index (κ2) is 7.61. The summed E-state index contributed by atoms with van der Waals surface area (Å²) in [6.45, 7) is 0.805. The zero-order chi connectivity index (χ0) is 18.6. The van der Waals surface area contributed by atoms with Crippen LogP contribution in [0.1, 0.15) is 11.1 Å². The molecule has 0 fully saturated rings. The second-order valence-corrected chi connectivity index (χ2v) is 5.98. The number of aromatic amines is 1. The highest BCUT2D eigenvalue weighted by Gasteiger charge is 2.29. The van der Waals surface area contributed by atoms with E-state index in [2.05, 4.69) is 15.1 Å². The number of hydrogen-bond donors (Lipinski definition) is 3. The Bertz CT molecular complexity index is 1020. The lowest BCUT2D eigenvalue weighted by Crippen LogP contribution is -2.14. The lowest BCUT2D eigenvalue weighted by atomic mass is 10.0. The number of aromatic nitrogens is 1. The third-order valence-electron chi connectivity index (χ3n) is 4.25. The molecule has 0 saturated heterocycles. The van der Waals surface area contributed by atoms with Crippen molar-refractivity contribution in [2.75, 3.05) is 26.4 Å². The number of nitrogens with zero attached hydrogens (tertiary/aromatic N) is 2. The minimum atomic E-state index is -0.0292. The Kier molecular flexibility index (Phi) is 4.86. The van der Waals surface area contributed by atoms with Crippen LogP contribution in [0.5, 0.6) is 5.88 Å². The first kappa shape index (κ1) is 17.3. The quantitative estimate of drug-likeness (QED) is 0.443. The second-order valence-electron chi connectivity index (χ2n) is 5.98. The summed E-state index contributed by atoms with van der Waals surface area (Å²) in [5.74, 6) is 0.0433. The van der Waals surface area contributed by atoms with Gasteiger partial charge in [0.15, 0.2) is 5.88 Å². The molecule has 0 spiro atoms. The molecule has 0 radical (unpaired) electrons. The minimum Gasteiger partial charge on any atom is -0.494 e. The van der Waals surface area contributed by atoms with Crippen LogP contribution in [0.15, 0.2) is 58.7 Å². The molecule has 1 aliphatic rings. The molecule has 7 nitrogen and oxygen atoms in total. The highest BCUT2D eigenvalue weighted by molar-refractivity contribution is 6.58. The number of rotatable bonds is 7. The summed E-state index contributed by atoms with van der Waals surface area (Å²) < 4.78 is 5.17. The molecule has 138 valence electrons. The van der Waals surface area contributed by atoms with E-state index in [-0.39, 0.29) is 25.7 Å². The van der Waals surface area contributed by atoms with Crippen molar-refractivity contribution in [3.05, 3.63) is 59.7 Å². The third-order valence-corrected chi connectivity index (χ3v) is 4.25. The van der Waals surface area contributed by atoms with Crippen LogP contribution in [0.4, 0.5) is 5.69 Å². The van der Waals surface area contributed by atoms with Crippen molar-refractivity contribution >= 4 is 28.0 Å². The number of oxime groups is 1. The van der Waals surface area contributed by atoms with Crippen molar-refractivity contribution in [3.63, 3.8) is 0 Å². The summed E-state index contributed by atoms with van der Waals surface area (Å²) in [6, 6.07) is 15.3. The molecule has 2 heterocycles. The molecule has 0 amide bonds. The van der Waals surface area contributed by atoms with Crippen LogP contribution in [-0.2, 0) is 9.57 Å². The molecule has 0 atom stereocenters. The molecule has 3 aromatic rings. The van der Waals surface area contributed by atoms with E-state index in [0.717, 1.165) is 22.2 Å². The molecule has 7 heteroatoms. The van der Waals surface area contributed by atoms with Gasteiger partial charge in [-0.1, -0.05) is 41.6 Å². The topological polar surface area (TPSA) is 99.4 Å². The fraction of sp³-hybridized carbons (Fsp3) is 0.200. The molecule has 1 aliphatic heterocycles. The van der Waals surface area contributed by atoms with Crippen molar-refractivity contribution in [1.29, 1.82) is 0 Å². The Hall–Kier alpha value is -3.16. The highest BCUT2D eigenvalue weighted by atomic mass is 16.6. The van der Waals surface area contributed by atoms with Crippen LogP contribution in [0.25, 0.3) is 10.9 Å². The average Bonchev–Trinajstić information content (AvgIpc) is 3.21. The predicted molar refractivity (Wildman–Crippen MR) is 103 cm³/mol. The van der Waals surface area contributed by atoms with Gasteiger partial charge in [0, 0.05) is 16.5 Å². The monoisotopic (exact) mass is 365 g/mol. The van der Waals surface area contributed by atoms with E-state index >= 15 is 0 Å². The molecule has 1 aromatic heterocycles. The largest absolute Gasteiger partial charge is 0.494 e. The fourth-order valence-electron chi connectivity index (χ4n) is 3.08. The van der Waals surface area contributed by atoms with Gasteiger partial charge in [-0.15, -0.1) is 0 Å². The maximum absolute atomic E-state index is 10.5. The highest BCUT2D eigenvalue weighted by Crippen LogP contribution is 2.35. The summed E-state index contributed by atoms with van der Waals surface area (Å²) in [7, 11) is 0. The molecule has 3 N–H and O–H groups in total. The van der Waals surface area contributed by atoms with Crippen LogP contribution in [0, 0.1) is 0 Å². The molecule has 0 saturated carbocycles. The number of benzene rings is 2. The molecular weight excluding hydrogens is 346 g/mol. The Morgan fingerprint density at radius 3 is 2.70 bits per heavy atom. The summed E-state index contributed by atoms with van der Waals surface area (Å²) in [4.78, 5) is 13.1. The molecule has 27 heavy (non-hydrogen) atoms. The van der Waals surface area contributed by atoms with E-state index in [1.165, 1.54) is 0 Å². The van der Waals surface area contributed by atoms with Crippen LogP contribution in [0.2, 0.25) is 0 Å². The number of hydrogen-bond acceptors (Lipinski definition) is 6. The molecule has 2 aromatic carbocycles. The van der Waals surface area contributed by atoms with Crippen molar-refractivity contribution < 1.29 is 19.8 Å². The zero-order valence-corrected chi connectivity index (χ0v) is 14.6. The van der Waals surface area contributed by atoms with Crippen molar-refractivity contribution in [2.45, 2.75) is 0 Å². The van der Waals surface area contributed by atoms with E-state index in [9.17, 15) is 5.11 Å². The van der Waals surface area contributed by atoms with E-state index < -0.39 is 0 Å². The number of H-pyrrole nitrogens is 1. The normalized spacial score (nSPS) is 14.6. The molecule has 0 aliphatic carbocycles. The van der Waals surface area contributed by atoms with Gasteiger partial charge in [0.25, 0.3) is 0 Å². The number of aromatic hydroxyl groups is 1. The summed E-state index contributed by atoms with van der Waals surface area (Å²) in [6.07, 6.45) is 0. The van der Waals surface area contributed by atoms with Gasteiger partial charge >= 0.3 is 0 Å². The maximum Gasteiger partial charge on any atom is 0.199 e. The number of aliphatic imine (C=N–C) groups is 1. The lowest BCUT2D eigenvalue weighted by molar-refractivity contribution is 0.0355. The third kappa shape index (κ3) is 3.30. The maximum atomic E-state index is 10.5.